The first-order valence-corrected chi connectivity index (χ1v) is 5.58. The number of hydrogen-bond acceptors (Lipinski definition) is 4. The summed E-state index contributed by atoms with van der Waals surface area (Å²) in [6, 6.07) is 3.40. The molecule has 0 aliphatic heterocycles. The largest absolute Gasteiger partial charge is 0.497 e. The molecular formula is C11H14BrNO3. The molecule has 1 aromatic rings. The van der Waals surface area contributed by atoms with Gasteiger partial charge in [-0.05, 0) is 28.5 Å². The van der Waals surface area contributed by atoms with Gasteiger partial charge in [-0.3, -0.25) is 4.79 Å². The van der Waals surface area contributed by atoms with Crippen LogP contribution in [0.4, 0.5) is 0 Å². The zero-order valence-corrected chi connectivity index (χ0v) is 10.8. The van der Waals surface area contributed by atoms with Gasteiger partial charge in [-0.25, -0.2) is 0 Å². The minimum absolute atomic E-state index is 0.0473. The Morgan fingerprint density at radius 2 is 2.06 bits per heavy atom. The third-order valence-corrected chi connectivity index (χ3v) is 2.76. The number of hydrogen-bond donors (Lipinski definition) is 1. The van der Waals surface area contributed by atoms with Crippen LogP contribution in [0.2, 0.25) is 0 Å². The molecule has 0 aliphatic carbocycles. The number of halogens is 1. The second-order valence-electron chi connectivity index (χ2n) is 3.15. The van der Waals surface area contributed by atoms with E-state index in [2.05, 4.69) is 15.9 Å². The van der Waals surface area contributed by atoms with Crippen molar-refractivity contribution in [1.29, 1.82) is 0 Å². The van der Waals surface area contributed by atoms with E-state index in [1.165, 1.54) is 7.11 Å². The molecule has 0 radical (unpaired) electrons. The monoisotopic (exact) mass is 287 g/mol. The molecule has 0 fully saturated rings. The van der Waals surface area contributed by atoms with E-state index in [-0.39, 0.29) is 5.78 Å². The minimum Gasteiger partial charge on any atom is -0.497 e. The summed E-state index contributed by atoms with van der Waals surface area (Å²) >= 11 is 3.33. The first-order chi connectivity index (χ1) is 7.63. The summed E-state index contributed by atoms with van der Waals surface area (Å²) in [5.74, 6) is 1.08. The van der Waals surface area contributed by atoms with Crippen LogP contribution in [0.3, 0.4) is 0 Å². The SMILES string of the molecule is COc1cc(Br)c(C(=O)CCN)c(OC)c1. The Morgan fingerprint density at radius 1 is 1.38 bits per heavy atom. The van der Waals surface area contributed by atoms with Crippen LogP contribution < -0.4 is 15.2 Å². The van der Waals surface area contributed by atoms with Crippen molar-refractivity contribution in [3.8, 4) is 11.5 Å². The van der Waals surface area contributed by atoms with Gasteiger partial charge in [0.05, 0.1) is 19.8 Å². The predicted octanol–water partition coefficient (Wildman–Crippen LogP) is 2.00. The van der Waals surface area contributed by atoms with Crippen LogP contribution >= 0.6 is 15.9 Å². The summed E-state index contributed by atoms with van der Waals surface area (Å²) in [6.45, 7) is 0.320. The molecule has 2 N–H and O–H groups in total. The highest BCUT2D eigenvalue weighted by atomic mass is 79.9. The topological polar surface area (TPSA) is 61.5 Å². The van der Waals surface area contributed by atoms with Gasteiger partial charge in [0, 0.05) is 17.0 Å². The number of ether oxygens (including phenoxy) is 2. The highest BCUT2D eigenvalue weighted by Gasteiger charge is 2.17. The predicted molar refractivity (Wildman–Crippen MR) is 65.2 cm³/mol. The number of ketones is 1. The number of nitrogens with two attached hydrogens (primary N) is 1. The van der Waals surface area contributed by atoms with Gasteiger partial charge in [-0.15, -0.1) is 0 Å². The highest BCUT2D eigenvalue weighted by Crippen LogP contribution is 2.33. The molecule has 16 heavy (non-hydrogen) atoms. The van der Waals surface area contributed by atoms with Crippen LogP contribution in [-0.4, -0.2) is 26.5 Å². The molecule has 1 aromatic carbocycles. The van der Waals surface area contributed by atoms with Crippen molar-refractivity contribution in [1.82, 2.24) is 0 Å². The molecule has 0 amide bonds. The van der Waals surface area contributed by atoms with Crippen LogP contribution in [0.1, 0.15) is 16.8 Å². The average Bonchev–Trinajstić information content (AvgIpc) is 2.27. The molecule has 5 heteroatoms. The van der Waals surface area contributed by atoms with Crippen LogP contribution in [0, 0.1) is 0 Å². The summed E-state index contributed by atoms with van der Waals surface area (Å²) < 4.78 is 10.9. The van der Waals surface area contributed by atoms with E-state index in [0.29, 0.717) is 34.5 Å². The van der Waals surface area contributed by atoms with Crippen molar-refractivity contribution < 1.29 is 14.3 Å². The number of benzene rings is 1. The van der Waals surface area contributed by atoms with Crippen LogP contribution in [0.25, 0.3) is 0 Å². The zero-order valence-electron chi connectivity index (χ0n) is 9.25. The van der Waals surface area contributed by atoms with E-state index in [0.717, 1.165) is 0 Å². The number of methoxy groups -OCH3 is 2. The fourth-order valence-corrected chi connectivity index (χ4v) is 2.01. The maximum absolute atomic E-state index is 11.8. The maximum atomic E-state index is 11.8. The Labute approximate surface area is 103 Å². The van der Waals surface area contributed by atoms with Crippen molar-refractivity contribution in [2.45, 2.75) is 6.42 Å². The lowest BCUT2D eigenvalue weighted by atomic mass is 10.1. The Bertz CT molecular complexity index is 393. The van der Waals surface area contributed by atoms with Crippen molar-refractivity contribution in [2.75, 3.05) is 20.8 Å². The lowest BCUT2D eigenvalue weighted by Crippen LogP contribution is -2.10. The number of carbonyl (C=O) groups excluding carboxylic acids is 1. The zero-order chi connectivity index (χ0) is 12.1. The van der Waals surface area contributed by atoms with Gasteiger partial charge in [-0.2, -0.15) is 0 Å². The Kier molecular flexibility index (Phi) is 4.76. The molecule has 0 atom stereocenters. The van der Waals surface area contributed by atoms with Gasteiger partial charge < -0.3 is 15.2 Å². The van der Waals surface area contributed by atoms with Gasteiger partial charge in [0.1, 0.15) is 11.5 Å². The van der Waals surface area contributed by atoms with Gasteiger partial charge in [0.25, 0.3) is 0 Å². The summed E-state index contributed by atoms with van der Waals surface area (Å²) in [5, 5.41) is 0. The Balaban J connectivity index is 3.21. The van der Waals surface area contributed by atoms with E-state index in [1.54, 1.807) is 19.2 Å². The maximum Gasteiger partial charge on any atom is 0.169 e. The van der Waals surface area contributed by atoms with Crippen LogP contribution in [0.5, 0.6) is 11.5 Å². The summed E-state index contributed by atoms with van der Waals surface area (Å²) in [7, 11) is 3.07. The molecule has 0 unspecified atom stereocenters. The first-order valence-electron chi connectivity index (χ1n) is 4.78. The fourth-order valence-electron chi connectivity index (χ4n) is 1.36. The molecular weight excluding hydrogens is 274 g/mol. The normalized spacial score (nSPS) is 10.0. The molecule has 1 rings (SSSR count). The molecule has 4 nitrogen and oxygen atoms in total. The second-order valence-corrected chi connectivity index (χ2v) is 4.00. The van der Waals surface area contributed by atoms with Gasteiger partial charge in [0.2, 0.25) is 0 Å². The Hall–Kier alpha value is -1.07. The third kappa shape index (κ3) is 2.74. The van der Waals surface area contributed by atoms with Gasteiger partial charge in [-0.1, -0.05) is 0 Å². The average molecular weight is 288 g/mol. The summed E-state index contributed by atoms with van der Waals surface area (Å²) in [5.41, 5.74) is 5.87. The molecule has 0 saturated heterocycles. The quantitative estimate of drug-likeness (QED) is 0.842. The number of Topliss-reactive ketones (excluding diaryl/α,β-unsaturated/α-hetero) is 1. The first kappa shape index (κ1) is 13.0. The van der Waals surface area contributed by atoms with E-state index >= 15 is 0 Å². The second kappa shape index (κ2) is 5.86. The number of carbonyl (C=O) groups is 1. The number of rotatable bonds is 5. The highest BCUT2D eigenvalue weighted by molar-refractivity contribution is 9.10. The molecule has 0 aliphatic rings. The molecule has 0 saturated carbocycles. The van der Waals surface area contributed by atoms with E-state index in [1.807, 2.05) is 0 Å². The smallest absolute Gasteiger partial charge is 0.169 e. The molecule has 0 spiro atoms. The fraction of sp³-hybridized carbons (Fsp3) is 0.364. The van der Waals surface area contributed by atoms with E-state index < -0.39 is 0 Å². The van der Waals surface area contributed by atoms with Crippen molar-refractivity contribution >= 4 is 21.7 Å². The van der Waals surface area contributed by atoms with E-state index in [4.69, 9.17) is 15.2 Å². The minimum atomic E-state index is -0.0473. The molecule has 88 valence electrons. The third-order valence-electron chi connectivity index (χ3n) is 2.13. The van der Waals surface area contributed by atoms with Crippen molar-refractivity contribution in [3.63, 3.8) is 0 Å². The lowest BCUT2D eigenvalue weighted by Gasteiger charge is -2.11. The van der Waals surface area contributed by atoms with Crippen LogP contribution in [0.15, 0.2) is 16.6 Å². The standard InChI is InChI=1S/C11H14BrNO3/c1-15-7-5-8(12)11(9(14)3-4-13)10(6-7)16-2/h5-6H,3-4,13H2,1-2H3. The van der Waals surface area contributed by atoms with Crippen LogP contribution in [-0.2, 0) is 0 Å². The summed E-state index contributed by atoms with van der Waals surface area (Å²) in [6.07, 6.45) is 0.293. The van der Waals surface area contributed by atoms with E-state index in [9.17, 15) is 4.79 Å². The van der Waals surface area contributed by atoms with Crippen molar-refractivity contribution in [2.24, 2.45) is 5.73 Å². The lowest BCUT2D eigenvalue weighted by molar-refractivity contribution is 0.0981. The molecule has 0 aromatic heterocycles. The Morgan fingerprint density at radius 3 is 2.56 bits per heavy atom. The van der Waals surface area contributed by atoms with Gasteiger partial charge in [0.15, 0.2) is 5.78 Å². The van der Waals surface area contributed by atoms with Gasteiger partial charge >= 0.3 is 0 Å². The summed E-state index contributed by atoms with van der Waals surface area (Å²) in [4.78, 5) is 11.8. The molecule has 0 bridgehead atoms. The molecule has 0 heterocycles. The van der Waals surface area contributed by atoms with Crippen molar-refractivity contribution in [3.05, 3.63) is 22.2 Å².